The van der Waals surface area contributed by atoms with E-state index in [1.807, 2.05) is 0 Å². The molecule has 0 aliphatic rings. The highest BCUT2D eigenvalue weighted by atomic mass is 17.0. The Bertz CT molecular complexity index is 195. The van der Waals surface area contributed by atoms with E-state index in [2.05, 4.69) is 4.84 Å². The third-order valence-corrected chi connectivity index (χ3v) is 1.20. The van der Waals surface area contributed by atoms with E-state index in [0.717, 1.165) is 0 Å². The number of carboxylic acid groups (broad SMARTS) is 1. The number of carboxylic acids is 1. The molecule has 0 fully saturated rings. The quantitative estimate of drug-likeness (QED) is 0.506. The molecule has 1 N–H and O–H groups in total. The first-order chi connectivity index (χ1) is 5.25. The van der Waals surface area contributed by atoms with Gasteiger partial charge in [-0.2, -0.15) is 0 Å². The number of nitrogens with zero attached hydrogens (tertiary/aromatic N) is 1. The standard InChI is InChI=1S/C6H11NO5/c1-6(2,3)4(5(8)9)12-7(10)11/h4H,1-3H3,(H,8,9). The van der Waals surface area contributed by atoms with Crippen LogP contribution in [0.1, 0.15) is 20.8 Å². The van der Waals surface area contributed by atoms with E-state index in [0.29, 0.717) is 0 Å². The summed E-state index contributed by atoms with van der Waals surface area (Å²) >= 11 is 0. The largest absolute Gasteiger partial charge is 0.480 e. The fourth-order valence-corrected chi connectivity index (χ4v) is 0.660. The lowest BCUT2D eigenvalue weighted by atomic mass is 9.89. The Morgan fingerprint density at radius 2 is 2.00 bits per heavy atom. The van der Waals surface area contributed by atoms with Crippen molar-refractivity contribution in [2.24, 2.45) is 5.41 Å². The summed E-state index contributed by atoms with van der Waals surface area (Å²) in [6.07, 6.45) is -1.42. The Balaban J connectivity index is 4.46. The molecule has 0 spiro atoms. The Morgan fingerprint density at radius 1 is 1.58 bits per heavy atom. The van der Waals surface area contributed by atoms with Crippen molar-refractivity contribution in [3.05, 3.63) is 10.1 Å². The molecule has 0 saturated carbocycles. The molecule has 1 unspecified atom stereocenters. The molecular weight excluding hydrogens is 166 g/mol. The predicted molar refractivity (Wildman–Crippen MR) is 39.0 cm³/mol. The zero-order valence-corrected chi connectivity index (χ0v) is 7.10. The Labute approximate surface area is 69.2 Å². The van der Waals surface area contributed by atoms with Gasteiger partial charge < -0.3 is 5.11 Å². The summed E-state index contributed by atoms with van der Waals surface area (Å²) in [5.74, 6) is -1.33. The Hall–Kier alpha value is -1.33. The monoisotopic (exact) mass is 177 g/mol. The van der Waals surface area contributed by atoms with Crippen LogP contribution < -0.4 is 0 Å². The summed E-state index contributed by atoms with van der Waals surface area (Å²) in [5.41, 5.74) is -0.793. The van der Waals surface area contributed by atoms with Gasteiger partial charge >= 0.3 is 5.97 Å². The maximum Gasteiger partial charge on any atom is 0.333 e. The molecule has 0 aromatic heterocycles. The fraction of sp³-hybridized carbons (Fsp3) is 0.833. The van der Waals surface area contributed by atoms with Crippen LogP contribution in [0.15, 0.2) is 0 Å². The highest BCUT2D eigenvalue weighted by molar-refractivity contribution is 5.73. The molecule has 0 bridgehead atoms. The van der Waals surface area contributed by atoms with Crippen molar-refractivity contribution in [2.75, 3.05) is 0 Å². The average Bonchev–Trinajstić information content (AvgIpc) is 1.79. The first-order valence-corrected chi connectivity index (χ1v) is 3.29. The van der Waals surface area contributed by atoms with E-state index in [1.165, 1.54) is 0 Å². The van der Waals surface area contributed by atoms with Gasteiger partial charge in [0.25, 0.3) is 5.09 Å². The summed E-state index contributed by atoms with van der Waals surface area (Å²) in [6.45, 7) is 4.65. The first-order valence-electron chi connectivity index (χ1n) is 3.29. The zero-order valence-electron chi connectivity index (χ0n) is 7.10. The minimum absolute atomic E-state index is 0.793. The molecule has 0 rings (SSSR count). The van der Waals surface area contributed by atoms with Gasteiger partial charge in [0.15, 0.2) is 0 Å². The highest BCUT2D eigenvalue weighted by Crippen LogP contribution is 2.22. The van der Waals surface area contributed by atoms with Gasteiger partial charge in [0.1, 0.15) is 0 Å². The minimum Gasteiger partial charge on any atom is -0.480 e. The number of carbonyl (C=O) groups is 1. The second-order valence-electron chi connectivity index (χ2n) is 3.41. The van der Waals surface area contributed by atoms with Crippen LogP contribution in [0.25, 0.3) is 0 Å². The zero-order chi connectivity index (χ0) is 9.94. The second kappa shape index (κ2) is 3.38. The van der Waals surface area contributed by atoms with Gasteiger partial charge in [0.05, 0.1) is 0 Å². The van der Waals surface area contributed by atoms with Crippen LogP contribution in [0, 0.1) is 15.5 Å². The number of hydrogen-bond donors (Lipinski definition) is 1. The molecular formula is C6H11NO5. The molecule has 0 radical (unpaired) electrons. The van der Waals surface area contributed by atoms with Crippen LogP contribution in [0.4, 0.5) is 0 Å². The first kappa shape index (κ1) is 10.7. The number of aliphatic carboxylic acids is 1. The van der Waals surface area contributed by atoms with E-state index in [9.17, 15) is 14.9 Å². The van der Waals surface area contributed by atoms with Gasteiger partial charge in [-0.15, -0.1) is 10.1 Å². The smallest absolute Gasteiger partial charge is 0.333 e. The van der Waals surface area contributed by atoms with Gasteiger partial charge in [-0.1, -0.05) is 20.8 Å². The molecule has 0 heterocycles. The van der Waals surface area contributed by atoms with E-state index < -0.39 is 22.6 Å². The maximum atomic E-state index is 10.5. The Morgan fingerprint density at radius 3 is 2.08 bits per heavy atom. The SMILES string of the molecule is CC(C)(C)C(O[N+](=O)[O-])C(=O)O. The molecule has 0 aromatic carbocycles. The minimum atomic E-state index is -1.42. The van der Waals surface area contributed by atoms with Crippen molar-refractivity contribution in [1.82, 2.24) is 0 Å². The summed E-state index contributed by atoms with van der Waals surface area (Å²) in [6, 6.07) is 0. The van der Waals surface area contributed by atoms with Crippen LogP contribution in [0.5, 0.6) is 0 Å². The van der Waals surface area contributed by atoms with Crippen LogP contribution in [-0.2, 0) is 9.63 Å². The van der Waals surface area contributed by atoms with Crippen LogP contribution in [0.3, 0.4) is 0 Å². The van der Waals surface area contributed by atoms with Crippen molar-refractivity contribution in [2.45, 2.75) is 26.9 Å². The lowest BCUT2D eigenvalue weighted by Gasteiger charge is -2.24. The third kappa shape index (κ3) is 3.18. The van der Waals surface area contributed by atoms with Crippen LogP contribution in [0.2, 0.25) is 0 Å². The molecule has 6 nitrogen and oxygen atoms in total. The topological polar surface area (TPSA) is 89.7 Å². The van der Waals surface area contributed by atoms with Crippen LogP contribution in [-0.4, -0.2) is 22.3 Å². The van der Waals surface area contributed by atoms with E-state index in [-0.39, 0.29) is 0 Å². The van der Waals surface area contributed by atoms with E-state index in [1.54, 1.807) is 20.8 Å². The van der Waals surface area contributed by atoms with Crippen molar-refractivity contribution in [1.29, 1.82) is 0 Å². The normalized spacial score (nSPS) is 13.6. The molecule has 0 aromatic rings. The number of hydrogen-bond acceptors (Lipinski definition) is 4. The number of rotatable bonds is 3. The van der Waals surface area contributed by atoms with Gasteiger partial charge in [-0.3, -0.25) is 4.84 Å². The molecule has 0 aliphatic carbocycles. The summed E-state index contributed by atoms with van der Waals surface area (Å²) in [7, 11) is 0. The van der Waals surface area contributed by atoms with Crippen molar-refractivity contribution < 1.29 is 19.8 Å². The highest BCUT2D eigenvalue weighted by Gasteiger charge is 2.34. The third-order valence-electron chi connectivity index (χ3n) is 1.20. The average molecular weight is 177 g/mol. The van der Waals surface area contributed by atoms with Crippen molar-refractivity contribution >= 4 is 5.97 Å². The molecule has 12 heavy (non-hydrogen) atoms. The molecule has 0 amide bonds. The van der Waals surface area contributed by atoms with Crippen molar-refractivity contribution in [3.63, 3.8) is 0 Å². The summed E-state index contributed by atoms with van der Waals surface area (Å²) in [5, 5.41) is 17.3. The van der Waals surface area contributed by atoms with E-state index in [4.69, 9.17) is 5.11 Å². The fourth-order valence-electron chi connectivity index (χ4n) is 0.660. The summed E-state index contributed by atoms with van der Waals surface area (Å²) in [4.78, 5) is 24.3. The van der Waals surface area contributed by atoms with Gasteiger partial charge in [0, 0.05) is 0 Å². The molecule has 0 aliphatic heterocycles. The summed E-state index contributed by atoms with van der Waals surface area (Å²) < 4.78 is 0. The van der Waals surface area contributed by atoms with E-state index >= 15 is 0 Å². The lowest BCUT2D eigenvalue weighted by molar-refractivity contribution is -0.768. The van der Waals surface area contributed by atoms with Gasteiger partial charge in [-0.25, -0.2) is 4.79 Å². The van der Waals surface area contributed by atoms with Gasteiger partial charge in [0.2, 0.25) is 6.10 Å². The molecule has 1 atom stereocenters. The lowest BCUT2D eigenvalue weighted by Crippen LogP contribution is -2.38. The van der Waals surface area contributed by atoms with Gasteiger partial charge in [-0.05, 0) is 5.41 Å². The van der Waals surface area contributed by atoms with Crippen molar-refractivity contribution in [3.8, 4) is 0 Å². The Kier molecular flexibility index (Phi) is 3.00. The maximum absolute atomic E-state index is 10.5. The molecule has 6 heteroatoms. The molecule has 70 valence electrons. The predicted octanol–water partition coefficient (Wildman–Crippen LogP) is 0.694. The van der Waals surface area contributed by atoms with Crippen LogP contribution >= 0.6 is 0 Å². The molecule has 0 saturated heterocycles. The second-order valence-corrected chi connectivity index (χ2v) is 3.41.